The molecule has 0 aromatic rings. The molecule has 100 valence electrons. The Morgan fingerprint density at radius 2 is 1.38 bits per heavy atom. The van der Waals surface area contributed by atoms with Crippen LogP contribution in [0.5, 0.6) is 0 Å². The SMILES string of the molecule is CCO[Si](CCC[NH2+]C)(OCC)OCC.[I-]. The van der Waals surface area contributed by atoms with Gasteiger partial charge in [-0.15, -0.1) is 0 Å². The van der Waals surface area contributed by atoms with Gasteiger partial charge in [0.2, 0.25) is 0 Å². The Hall–Kier alpha value is 0.787. The van der Waals surface area contributed by atoms with Crippen LogP contribution in [-0.4, -0.2) is 42.2 Å². The van der Waals surface area contributed by atoms with Crippen LogP contribution in [0.2, 0.25) is 6.04 Å². The van der Waals surface area contributed by atoms with Crippen molar-refractivity contribution in [2.45, 2.75) is 33.2 Å². The maximum atomic E-state index is 5.74. The molecule has 0 saturated heterocycles. The minimum absolute atomic E-state index is 0. The van der Waals surface area contributed by atoms with Crippen LogP contribution in [0.25, 0.3) is 0 Å². The molecule has 0 aromatic heterocycles. The van der Waals surface area contributed by atoms with E-state index >= 15 is 0 Å². The van der Waals surface area contributed by atoms with Gasteiger partial charge in [-0.25, -0.2) is 0 Å². The lowest BCUT2D eigenvalue weighted by Gasteiger charge is -2.28. The number of hydrogen-bond donors (Lipinski definition) is 1. The Morgan fingerprint density at radius 3 is 1.69 bits per heavy atom. The summed E-state index contributed by atoms with van der Waals surface area (Å²) in [4.78, 5) is 0. The largest absolute Gasteiger partial charge is 1.00 e. The van der Waals surface area contributed by atoms with Crippen molar-refractivity contribution >= 4 is 8.80 Å². The van der Waals surface area contributed by atoms with E-state index < -0.39 is 8.80 Å². The zero-order chi connectivity index (χ0) is 11.6. The first kappa shape index (κ1) is 19.1. The topological polar surface area (TPSA) is 44.3 Å². The molecule has 0 unspecified atom stereocenters. The molecular weight excluding hydrogens is 337 g/mol. The predicted octanol–water partition coefficient (Wildman–Crippen LogP) is -2.38. The second kappa shape index (κ2) is 12.2. The molecule has 0 amide bonds. The highest BCUT2D eigenvalue weighted by Crippen LogP contribution is 2.17. The van der Waals surface area contributed by atoms with Crippen molar-refractivity contribution in [2.75, 3.05) is 33.4 Å². The fraction of sp³-hybridized carbons (Fsp3) is 1.00. The summed E-state index contributed by atoms with van der Waals surface area (Å²) in [6, 6.07) is 0.923. The second-order valence-electron chi connectivity index (χ2n) is 3.28. The lowest BCUT2D eigenvalue weighted by Crippen LogP contribution is -3.00. The quantitative estimate of drug-likeness (QED) is 0.268. The average Bonchev–Trinajstić information content (AvgIpc) is 2.19. The van der Waals surface area contributed by atoms with Crippen LogP contribution in [-0.2, 0) is 13.3 Å². The van der Waals surface area contributed by atoms with Gasteiger partial charge in [-0.2, -0.15) is 0 Å². The van der Waals surface area contributed by atoms with Gasteiger partial charge in [-0.1, -0.05) is 0 Å². The fourth-order valence-electron chi connectivity index (χ4n) is 1.52. The normalized spacial score (nSPS) is 11.2. The van der Waals surface area contributed by atoms with E-state index in [9.17, 15) is 0 Å². The van der Waals surface area contributed by atoms with Gasteiger partial charge in [0, 0.05) is 32.3 Å². The van der Waals surface area contributed by atoms with Gasteiger partial charge >= 0.3 is 8.80 Å². The third-order valence-corrected chi connectivity index (χ3v) is 5.22. The van der Waals surface area contributed by atoms with Crippen molar-refractivity contribution in [3.8, 4) is 0 Å². The van der Waals surface area contributed by atoms with E-state index in [0.29, 0.717) is 19.8 Å². The highest BCUT2D eigenvalue weighted by molar-refractivity contribution is 6.60. The summed E-state index contributed by atoms with van der Waals surface area (Å²) in [5, 5.41) is 2.17. The average molecular weight is 363 g/mol. The van der Waals surface area contributed by atoms with Gasteiger partial charge in [0.25, 0.3) is 0 Å². The first-order valence-corrected chi connectivity index (χ1v) is 7.87. The minimum Gasteiger partial charge on any atom is -1.00 e. The van der Waals surface area contributed by atoms with Crippen LogP contribution in [0.1, 0.15) is 27.2 Å². The summed E-state index contributed by atoms with van der Waals surface area (Å²) in [5.74, 6) is 0. The van der Waals surface area contributed by atoms with E-state index in [0.717, 1.165) is 19.0 Å². The second-order valence-corrected chi connectivity index (χ2v) is 6.01. The molecule has 0 aliphatic rings. The monoisotopic (exact) mass is 363 g/mol. The summed E-state index contributed by atoms with van der Waals surface area (Å²) in [7, 11) is -0.278. The van der Waals surface area contributed by atoms with Gasteiger partial charge in [0.1, 0.15) is 0 Å². The van der Waals surface area contributed by atoms with Crippen LogP contribution < -0.4 is 29.3 Å². The van der Waals surface area contributed by atoms with E-state index in [2.05, 4.69) is 12.4 Å². The molecule has 0 aliphatic heterocycles. The maximum Gasteiger partial charge on any atom is 0.501 e. The Bertz CT molecular complexity index is 135. The Labute approximate surface area is 118 Å². The highest BCUT2D eigenvalue weighted by Gasteiger charge is 2.39. The van der Waals surface area contributed by atoms with Crippen molar-refractivity contribution in [1.29, 1.82) is 0 Å². The van der Waals surface area contributed by atoms with Crippen molar-refractivity contribution in [2.24, 2.45) is 0 Å². The number of hydrogen-bond acceptors (Lipinski definition) is 3. The van der Waals surface area contributed by atoms with Crippen LogP contribution in [0.3, 0.4) is 0 Å². The van der Waals surface area contributed by atoms with E-state index in [4.69, 9.17) is 13.3 Å². The molecule has 4 nitrogen and oxygen atoms in total. The summed E-state index contributed by atoms with van der Waals surface area (Å²) in [6.45, 7) is 9.08. The first-order valence-electron chi connectivity index (χ1n) is 5.94. The number of halogens is 1. The molecule has 0 heterocycles. The molecule has 0 aliphatic carbocycles. The Balaban J connectivity index is 0. The molecule has 0 radical (unpaired) electrons. The van der Waals surface area contributed by atoms with E-state index in [1.807, 2.05) is 20.8 Å². The van der Waals surface area contributed by atoms with E-state index in [-0.39, 0.29) is 24.0 Å². The molecule has 16 heavy (non-hydrogen) atoms. The summed E-state index contributed by atoms with van der Waals surface area (Å²) in [5.41, 5.74) is 0. The van der Waals surface area contributed by atoms with Gasteiger partial charge in [-0.3, -0.25) is 0 Å². The first-order chi connectivity index (χ1) is 7.24. The Morgan fingerprint density at radius 1 is 0.938 bits per heavy atom. The highest BCUT2D eigenvalue weighted by atomic mass is 127. The maximum absolute atomic E-state index is 5.74. The standard InChI is InChI=1S/C10H25NO3Si.HI/c1-5-12-15(13-6-2,14-7-3)10-8-9-11-4;/h11H,5-10H2,1-4H3;1H. The molecule has 0 atom stereocenters. The lowest BCUT2D eigenvalue weighted by atomic mass is 10.5. The van der Waals surface area contributed by atoms with Crippen LogP contribution >= 0.6 is 0 Å². The fourth-order valence-corrected chi connectivity index (χ4v) is 4.16. The van der Waals surface area contributed by atoms with Crippen LogP contribution in [0.4, 0.5) is 0 Å². The molecule has 0 saturated carbocycles. The summed E-state index contributed by atoms with van der Waals surface area (Å²) in [6.07, 6.45) is 1.09. The molecule has 0 fully saturated rings. The van der Waals surface area contributed by atoms with Crippen LogP contribution in [0.15, 0.2) is 0 Å². The van der Waals surface area contributed by atoms with Gasteiger partial charge in [0.15, 0.2) is 0 Å². The predicted molar refractivity (Wildman–Crippen MR) is 62.8 cm³/mol. The molecule has 0 spiro atoms. The van der Waals surface area contributed by atoms with E-state index in [1.54, 1.807) is 0 Å². The van der Waals surface area contributed by atoms with Crippen molar-refractivity contribution < 1.29 is 42.6 Å². The summed E-state index contributed by atoms with van der Waals surface area (Å²) < 4.78 is 17.2. The van der Waals surface area contributed by atoms with Gasteiger partial charge in [-0.05, 0) is 20.8 Å². The Kier molecular flexibility index (Phi) is 14.6. The molecule has 0 aromatic carbocycles. The lowest BCUT2D eigenvalue weighted by molar-refractivity contribution is -0.626. The molecule has 0 rings (SSSR count). The zero-order valence-electron chi connectivity index (χ0n) is 10.9. The summed E-state index contributed by atoms with van der Waals surface area (Å²) >= 11 is 0. The van der Waals surface area contributed by atoms with E-state index in [1.165, 1.54) is 0 Å². The number of quaternary nitrogens is 1. The number of nitrogens with two attached hydrogens (primary N) is 1. The molecular formula is C10H26INO3Si. The molecule has 6 heteroatoms. The smallest absolute Gasteiger partial charge is 0.501 e. The van der Waals surface area contributed by atoms with Gasteiger partial charge in [0.05, 0.1) is 13.6 Å². The third-order valence-electron chi connectivity index (χ3n) is 2.07. The molecule has 2 N–H and O–H groups in total. The van der Waals surface area contributed by atoms with Crippen molar-refractivity contribution in [1.82, 2.24) is 0 Å². The van der Waals surface area contributed by atoms with Gasteiger partial charge < -0.3 is 42.6 Å². The minimum atomic E-state index is -2.35. The third kappa shape index (κ3) is 7.96. The van der Waals surface area contributed by atoms with Crippen molar-refractivity contribution in [3.05, 3.63) is 0 Å². The zero-order valence-corrected chi connectivity index (χ0v) is 14.1. The molecule has 0 bridgehead atoms. The number of rotatable bonds is 10. The van der Waals surface area contributed by atoms with Crippen molar-refractivity contribution in [3.63, 3.8) is 0 Å². The van der Waals surface area contributed by atoms with Crippen LogP contribution in [0, 0.1) is 0 Å².